The Kier molecular flexibility index (Phi) is 3.98. The third-order valence-electron chi connectivity index (χ3n) is 3.04. The maximum atomic E-state index is 10.7. The van der Waals surface area contributed by atoms with E-state index in [4.69, 9.17) is 14.3 Å². The van der Waals surface area contributed by atoms with E-state index in [1.807, 2.05) is 13.8 Å². The van der Waals surface area contributed by atoms with Gasteiger partial charge in [0.1, 0.15) is 5.76 Å². The highest BCUT2D eigenvalue weighted by Crippen LogP contribution is 2.20. The first-order valence-electron chi connectivity index (χ1n) is 6.10. The molecule has 1 aliphatic rings. The van der Waals surface area contributed by atoms with E-state index >= 15 is 0 Å². The quantitative estimate of drug-likeness (QED) is 0.823. The molecule has 1 fully saturated rings. The lowest BCUT2D eigenvalue weighted by molar-refractivity contribution is -0.149. The molecule has 1 saturated heterocycles. The molecule has 6 nitrogen and oxygen atoms in total. The predicted molar refractivity (Wildman–Crippen MR) is 63.2 cm³/mol. The van der Waals surface area contributed by atoms with Crippen molar-refractivity contribution in [2.24, 2.45) is 0 Å². The van der Waals surface area contributed by atoms with Gasteiger partial charge in [-0.05, 0) is 26.7 Å². The zero-order chi connectivity index (χ0) is 13.1. The normalized spacial score (nSPS) is 25.2. The average molecular weight is 254 g/mol. The molecule has 0 saturated carbocycles. The molecule has 0 spiro atoms. The summed E-state index contributed by atoms with van der Waals surface area (Å²) in [6, 6.07) is -0.00817. The van der Waals surface area contributed by atoms with Crippen LogP contribution in [0.4, 0.5) is 0 Å². The van der Waals surface area contributed by atoms with Crippen molar-refractivity contribution < 1.29 is 19.1 Å². The Morgan fingerprint density at radius 1 is 1.67 bits per heavy atom. The van der Waals surface area contributed by atoms with Crippen molar-refractivity contribution in [3.05, 3.63) is 17.8 Å². The number of hydrogen-bond donors (Lipinski definition) is 2. The Bertz CT molecular complexity index is 418. The van der Waals surface area contributed by atoms with Crippen molar-refractivity contribution in [3.63, 3.8) is 0 Å². The highest BCUT2D eigenvalue weighted by Gasteiger charge is 2.30. The van der Waals surface area contributed by atoms with Crippen LogP contribution in [-0.4, -0.2) is 34.8 Å². The second-order valence-corrected chi connectivity index (χ2v) is 4.60. The number of rotatable bonds is 5. The molecule has 2 heterocycles. The minimum atomic E-state index is -0.881. The van der Waals surface area contributed by atoms with Gasteiger partial charge in [0.15, 0.2) is 6.10 Å². The van der Waals surface area contributed by atoms with Gasteiger partial charge in [-0.2, -0.15) is 0 Å². The van der Waals surface area contributed by atoms with E-state index in [0.29, 0.717) is 18.9 Å². The largest absolute Gasteiger partial charge is 0.479 e. The number of carboxylic acid groups (broad SMARTS) is 1. The van der Waals surface area contributed by atoms with Crippen LogP contribution < -0.4 is 5.32 Å². The number of aromatic nitrogens is 1. The molecular weight excluding hydrogens is 236 g/mol. The summed E-state index contributed by atoms with van der Waals surface area (Å²) < 4.78 is 10.8. The van der Waals surface area contributed by atoms with Crippen LogP contribution in [0.5, 0.6) is 0 Å². The summed E-state index contributed by atoms with van der Waals surface area (Å²) in [5.41, 5.74) is 0. The van der Waals surface area contributed by atoms with Gasteiger partial charge < -0.3 is 19.6 Å². The van der Waals surface area contributed by atoms with E-state index in [-0.39, 0.29) is 12.1 Å². The fourth-order valence-electron chi connectivity index (χ4n) is 2.01. The van der Waals surface area contributed by atoms with Crippen LogP contribution in [0.1, 0.15) is 37.5 Å². The molecular formula is C12H18N2O4. The molecule has 0 bridgehead atoms. The highest BCUT2D eigenvalue weighted by atomic mass is 16.5. The van der Waals surface area contributed by atoms with Crippen LogP contribution in [0.25, 0.3) is 0 Å². The smallest absolute Gasteiger partial charge is 0.332 e. The molecule has 0 radical (unpaired) electrons. The van der Waals surface area contributed by atoms with E-state index in [2.05, 4.69) is 10.3 Å². The van der Waals surface area contributed by atoms with Gasteiger partial charge in [-0.1, -0.05) is 0 Å². The molecule has 1 aromatic heterocycles. The molecule has 100 valence electrons. The van der Waals surface area contributed by atoms with Crippen LogP contribution >= 0.6 is 0 Å². The van der Waals surface area contributed by atoms with E-state index in [1.165, 1.54) is 0 Å². The van der Waals surface area contributed by atoms with Crippen molar-refractivity contribution in [2.45, 2.75) is 44.9 Å². The Labute approximate surface area is 105 Å². The number of carbonyl (C=O) groups is 1. The van der Waals surface area contributed by atoms with Gasteiger partial charge in [-0.25, -0.2) is 9.78 Å². The van der Waals surface area contributed by atoms with Crippen LogP contribution in [0, 0.1) is 6.92 Å². The molecule has 0 aromatic carbocycles. The van der Waals surface area contributed by atoms with Crippen LogP contribution in [-0.2, 0) is 9.53 Å². The average Bonchev–Trinajstić information content (AvgIpc) is 2.94. The number of oxazole rings is 1. The summed E-state index contributed by atoms with van der Waals surface area (Å²) in [6.07, 6.45) is 2.32. The number of nitrogens with one attached hydrogen (secondary N) is 1. The number of aliphatic carboxylic acids is 1. The summed E-state index contributed by atoms with van der Waals surface area (Å²) in [7, 11) is 0. The van der Waals surface area contributed by atoms with Gasteiger partial charge in [-0.3, -0.25) is 0 Å². The Balaban J connectivity index is 1.77. The first kappa shape index (κ1) is 13.0. The van der Waals surface area contributed by atoms with Crippen molar-refractivity contribution in [2.75, 3.05) is 6.54 Å². The molecule has 6 heteroatoms. The number of aryl methyl sites for hydroxylation is 1. The van der Waals surface area contributed by atoms with Gasteiger partial charge in [0.2, 0.25) is 5.89 Å². The molecule has 0 aliphatic carbocycles. The first-order chi connectivity index (χ1) is 8.56. The van der Waals surface area contributed by atoms with Crippen LogP contribution in [0.2, 0.25) is 0 Å². The summed E-state index contributed by atoms with van der Waals surface area (Å²) >= 11 is 0. The SMILES string of the molecule is Cc1cnc(C(C)NCC2CCC(C(=O)O)O2)o1. The maximum absolute atomic E-state index is 10.7. The number of ether oxygens (including phenoxy) is 1. The number of carboxylic acids is 1. The third-order valence-corrected chi connectivity index (χ3v) is 3.04. The van der Waals surface area contributed by atoms with Gasteiger partial charge in [0, 0.05) is 6.54 Å². The van der Waals surface area contributed by atoms with Crippen LogP contribution in [0.15, 0.2) is 10.6 Å². The van der Waals surface area contributed by atoms with Gasteiger partial charge in [0.25, 0.3) is 0 Å². The number of hydrogen-bond acceptors (Lipinski definition) is 5. The Morgan fingerprint density at radius 2 is 2.44 bits per heavy atom. The minimum Gasteiger partial charge on any atom is -0.479 e. The van der Waals surface area contributed by atoms with Gasteiger partial charge in [-0.15, -0.1) is 0 Å². The number of nitrogens with zero attached hydrogens (tertiary/aromatic N) is 1. The second kappa shape index (κ2) is 5.49. The zero-order valence-corrected chi connectivity index (χ0v) is 10.5. The summed E-state index contributed by atoms with van der Waals surface area (Å²) in [5.74, 6) is 0.538. The van der Waals surface area contributed by atoms with Crippen LogP contribution in [0.3, 0.4) is 0 Å². The molecule has 3 atom stereocenters. The van der Waals surface area contributed by atoms with Crippen molar-refractivity contribution >= 4 is 5.97 Å². The summed E-state index contributed by atoms with van der Waals surface area (Å²) in [4.78, 5) is 14.9. The van der Waals surface area contributed by atoms with Crippen molar-refractivity contribution in [3.8, 4) is 0 Å². The van der Waals surface area contributed by atoms with E-state index in [9.17, 15) is 4.79 Å². The lowest BCUT2D eigenvalue weighted by Gasteiger charge is -2.15. The maximum Gasteiger partial charge on any atom is 0.332 e. The summed E-state index contributed by atoms with van der Waals surface area (Å²) in [6.45, 7) is 4.40. The Hall–Kier alpha value is -1.40. The van der Waals surface area contributed by atoms with Crippen molar-refractivity contribution in [1.29, 1.82) is 0 Å². The fraction of sp³-hybridized carbons (Fsp3) is 0.667. The molecule has 0 amide bonds. The van der Waals surface area contributed by atoms with Gasteiger partial charge >= 0.3 is 5.97 Å². The van der Waals surface area contributed by atoms with Gasteiger partial charge in [0.05, 0.1) is 18.3 Å². The fourth-order valence-corrected chi connectivity index (χ4v) is 2.01. The lowest BCUT2D eigenvalue weighted by Crippen LogP contribution is -2.30. The van der Waals surface area contributed by atoms with E-state index < -0.39 is 12.1 Å². The standard InChI is InChI=1S/C12H18N2O4/c1-7-5-14-11(17-7)8(2)13-6-9-3-4-10(18-9)12(15)16/h5,8-10,13H,3-4,6H2,1-2H3,(H,15,16). The minimum absolute atomic E-state index is 0.00817. The monoisotopic (exact) mass is 254 g/mol. The van der Waals surface area contributed by atoms with E-state index in [0.717, 1.165) is 12.2 Å². The molecule has 1 aromatic rings. The molecule has 3 unspecified atom stereocenters. The molecule has 2 rings (SSSR count). The third kappa shape index (κ3) is 3.08. The predicted octanol–water partition coefficient (Wildman–Crippen LogP) is 1.27. The van der Waals surface area contributed by atoms with Crippen molar-refractivity contribution in [1.82, 2.24) is 10.3 Å². The molecule has 1 aliphatic heterocycles. The first-order valence-corrected chi connectivity index (χ1v) is 6.10. The van der Waals surface area contributed by atoms with E-state index in [1.54, 1.807) is 6.20 Å². The zero-order valence-electron chi connectivity index (χ0n) is 10.5. The molecule has 18 heavy (non-hydrogen) atoms. The second-order valence-electron chi connectivity index (χ2n) is 4.60. The molecule has 2 N–H and O–H groups in total. The topological polar surface area (TPSA) is 84.6 Å². The highest BCUT2D eigenvalue weighted by molar-refractivity contribution is 5.72. The lowest BCUT2D eigenvalue weighted by atomic mass is 10.2. The Morgan fingerprint density at radius 3 is 3.00 bits per heavy atom. The summed E-state index contributed by atoms with van der Waals surface area (Å²) in [5, 5.41) is 12.1.